The molecule has 1 N–H and O–H groups in total. The molecule has 9 heteroatoms. The molecule has 0 radical (unpaired) electrons. The Labute approximate surface area is 186 Å². The number of thiocarbonyl (C=S) groups is 1. The highest BCUT2D eigenvalue weighted by molar-refractivity contribution is 8.26. The number of para-hydroxylation sites is 1. The van der Waals surface area contributed by atoms with E-state index in [2.05, 4.69) is 0 Å². The number of amides is 1. The summed E-state index contributed by atoms with van der Waals surface area (Å²) in [6, 6.07) is 13.7. The Balaban J connectivity index is 1.66. The number of thioether (sulfide) groups is 1. The fraction of sp³-hybridized carbons (Fsp3) is 0.143. The molecule has 1 aliphatic rings. The van der Waals surface area contributed by atoms with Gasteiger partial charge in [-0.05, 0) is 36.1 Å². The predicted molar refractivity (Wildman–Crippen MR) is 124 cm³/mol. The monoisotopic (exact) mass is 455 g/mol. The molecule has 0 aliphatic carbocycles. The number of aromatic nitrogens is 2. The zero-order chi connectivity index (χ0) is 21.1. The van der Waals surface area contributed by atoms with Crippen LogP contribution in [0.2, 0.25) is 0 Å². The Morgan fingerprint density at radius 3 is 2.70 bits per heavy atom. The van der Waals surface area contributed by atoms with Crippen LogP contribution in [0.4, 0.5) is 0 Å². The molecule has 6 nitrogen and oxygen atoms in total. The minimum absolute atomic E-state index is 0.00246. The highest BCUT2D eigenvalue weighted by Gasteiger charge is 2.32. The maximum atomic E-state index is 12.8. The van der Waals surface area contributed by atoms with Crippen molar-refractivity contribution in [3.63, 3.8) is 0 Å². The largest absolute Gasteiger partial charge is 0.481 e. The summed E-state index contributed by atoms with van der Waals surface area (Å²) in [4.78, 5) is 26.6. The number of carboxylic acids is 1. The second-order valence-corrected chi connectivity index (χ2v) is 9.14. The van der Waals surface area contributed by atoms with Gasteiger partial charge in [0.25, 0.3) is 5.91 Å². The van der Waals surface area contributed by atoms with Crippen LogP contribution in [0.5, 0.6) is 0 Å². The molecule has 1 fully saturated rings. The van der Waals surface area contributed by atoms with Crippen LogP contribution in [-0.4, -0.2) is 42.5 Å². The smallest absolute Gasteiger partial charge is 0.303 e. The van der Waals surface area contributed by atoms with Gasteiger partial charge in [0.05, 0.1) is 15.5 Å². The van der Waals surface area contributed by atoms with Crippen molar-refractivity contribution in [1.29, 1.82) is 0 Å². The van der Waals surface area contributed by atoms with Crippen LogP contribution in [0.3, 0.4) is 0 Å². The number of nitrogens with zero attached hydrogens (tertiary/aromatic N) is 3. The maximum Gasteiger partial charge on any atom is 0.303 e. The van der Waals surface area contributed by atoms with Crippen LogP contribution in [0.15, 0.2) is 58.9 Å². The van der Waals surface area contributed by atoms with E-state index < -0.39 is 5.97 Å². The SMILES string of the molecule is O=C(O)CCCN1C(=O)/C(=C/c2cn(-c3ccccc3)nc2-c2cccs2)SC1=S. The molecule has 4 rings (SSSR count). The molecule has 1 saturated heterocycles. The molecule has 0 atom stereocenters. The second kappa shape index (κ2) is 8.95. The van der Waals surface area contributed by atoms with E-state index >= 15 is 0 Å². The van der Waals surface area contributed by atoms with Gasteiger partial charge in [-0.2, -0.15) is 5.10 Å². The number of carboxylic acid groups (broad SMARTS) is 1. The first kappa shape index (κ1) is 20.5. The van der Waals surface area contributed by atoms with Gasteiger partial charge >= 0.3 is 5.97 Å². The summed E-state index contributed by atoms with van der Waals surface area (Å²) in [6.07, 6.45) is 4.09. The lowest BCUT2D eigenvalue weighted by molar-refractivity contribution is -0.137. The molecule has 0 bridgehead atoms. The van der Waals surface area contributed by atoms with Gasteiger partial charge in [-0.25, -0.2) is 4.68 Å². The molecule has 1 aromatic carbocycles. The first-order chi connectivity index (χ1) is 14.5. The van der Waals surface area contributed by atoms with Crippen molar-refractivity contribution >= 4 is 57.6 Å². The molecular weight excluding hydrogens is 438 g/mol. The van der Waals surface area contributed by atoms with Crippen molar-refractivity contribution in [2.45, 2.75) is 12.8 Å². The number of aliphatic carboxylic acids is 1. The summed E-state index contributed by atoms with van der Waals surface area (Å²) >= 11 is 8.16. The number of carbonyl (C=O) groups excluding carboxylic acids is 1. The molecule has 2 aromatic heterocycles. The Morgan fingerprint density at radius 2 is 2.00 bits per heavy atom. The third kappa shape index (κ3) is 4.38. The van der Waals surface area contributed by atoms with Gasteiger partial charge in [0.15, 0.2) is 0 Å². The van der Waals surface area contributed by atoms with Crippen LogP contribution < -0.4 is 0 Å². The van der Waals surface area contributed by atoms with Gasteiger partial charge in [-0.1, -0.05) is 48.2 Å². The molecular formula is C21H17N3O3S3. The van der Waals surface area contributed by atoms with Crippen molar-refractivity contribution in [2.75, 3.05) is 6.54 Å². The molecule has 152 valence electrons. The lowest BCUT2D eigenvalue weighted by Gasteiger charge is -2.13. The van der Waals surface area contributed by atoms with E-state index in [9.17, 15) is 9.59 Å². The molecule has 3 aromatic rings. The van der Waals surface area contributed by atoms with Crippen LogP contribution in [0.1, 0.15) is 18.4 Å². The topological polar surface area (TPSA) is 75.4 Å². The molecule has 0 unspecified atom stereocenters. The van der Waals surface area contributed by atoms with E-state index in [4.69, 9.17) is 22.4 Å². The first-order valence-electron chi connectivity index (χ1n) is 9.19. The van der Waals surface area contributed by atoms with Gasteiger partial charge in [0.1, 0.15) is 10.0 Å². The zero-order valence-electron chi connectivity index (χ0n) is 15.7. The van der Waals surface area contributed by atoms with E-state index in [-0.39, 0.29) is 12.3 Å². The highest BCUT2D eigenvalue weighted by atomic mass is 32.2. The average molecular weight is 456 g/mol. The van der Waals surface area contributed by atoms with Gasteiger partial charge in [-0.15, -0.1) is 11.3 Å². The fourth-order valence-corrected chi connectivity index (χ4v) is 5.06. The number of rotatable bonds is 7. The molecule has 0 spiro atoms. The number of carbonyl (C=O) groups is 2. The summed E-state index contributed by atoms with van der Waals surface area (Å²) in [7, 11) is 0. The minimum atomic E-state index is -0.884. The number of hydrogen-bond donors (Lipinski definition) is 1. The normalized spacial score (nSPS) is 15.3. The third-order valence-corrected chi connectivity index (χ3v) is 6.70. The average Bonchev–Trinajstić information content (AvgIpc) is 3.45. The number of benzene rings is 1. The highest BCUT2D eigenvalue weighted by Crippen LogP contribution is 2.35. The van der Waals surface area contributed by atoms with E-state index in [1.807, 2.05) is 60.1 Å². The van der Waals surface area contributed by atoms with Crippen LogP contribution in [0.25, 0.3) is 22.3 Å². The van der Waals surface area contributed by atoms with Crippen molar-refractivity contribution in [3.8, 4) is 16.3 Å². The molecule has 3 heterocycles. The molecule has 1 amide bonds. The second-order valence-electron chi connectivity index (χ2n) is 6.52. The van der Waals surface area contributed by atoms with E-state index in [1.165, 1.54) is 16.7 Å². The van der Waals surface area contributed by atoms with Gasteiger partial charge < -0.3 is 5.11 Å². The predicted octanol–water partition coefficient (Wildman–Crippen LogP) is 4.67. The lowest BCUT2D eigenvalue weighted by Crippen LogP contribution is -2.29. The summed E-state index contributed by atoms with van der Waals surface area (Å²) in [5.41, 5.74) is 2.55. The van der Waals surface area contributed by atoms with Gasteiger partial charge in [-0.3, -0.25) is 14.5 Å². The number of hydrogen-bond acceptors (Lipinski definition) is 6. The van der Waals surface area contributed by atoms with Crippen molar-refractivity contribution in [3.05, 3.63) is 64.5 Å². The van der Waals surface area contributed by atoms with Crippen molar-refractivity contribution < 1.29 is 14.7 Å². The fourth-order valence-electron chi connectivity index (χ4n) is 3.03. The Hall–Kier alpha value is -2.75. The standard InChI is InChI=1S/C21H17N3O3S3/c25-18(26)9-4-10-23-20(27)17(30-21(23)28)12-14-13-24(15-6-2-1-3-7-15)22-19(14)16-8-5-11-29-16/h1-3,5-8,11-13H,4,9-10H2,(H,25,26)/b17-12-. The Kier molecular flexibility index (Phi) is 6.12. The zero-order valence-corrected chi connectivity index (χ0v) is 18.2. The van der Waals surface area contributed by atoms with E-state index in [0.29, 0.717) is 22.2 Å². The third-order valence-electron chi connectivity index (χ3n) is 4.45. The quantitative estimate of drug-likeness (QED) is 0.412. The first-order valence-corrected chi connectivity index (χ1v) is 11.3. The Morgan fingerprint density at radius 1 is 1.20 bits per heavy atom. The molecule has 1 aliphatic heterocycles. The summed E-state index contributed by atoms with van der Waals surface area (Å²) in [5, 5.41) is 15.6. The number of thiophene rings is 1. The van der Waals surface area contributed by atoms with Crippen molar-refractivity contribution in [2.24, 2.45) is 0 Å². The lowest BCUT2D eigenvalue weighted by atomic mass is 10.2. The summed E-state index contributed by atoms with van der Waals surface area (Å²) < 4.78 is 2.25. The summed E-state index contributed by atoms with van der Waals surface area (Å²) in [6.45, 7) is 0.301. The molecule has 30 heavy (non-hydrogen) atoms. The van der Waals surface area contributed by atoms with E-state index in [1.54, 1.807) is 16.0 Å². The van der Waals surface area contributed by atoms with E-state index in [0.717, 1.165) is 21.8 Å². The van der Waals surface area contributed by atoms with Crippen LogP contribution in [-0.2, 0) is 9.59 Å². The Bertz CT molecular complexity index is 1120. The van der Waals surface area contributed by atoms with Crippen LogP contribution >= 0.6 is 35.3 Å². The van der Waals surface area contributed by atoms with Gasteiger partial charge in [0, 0.05) is 24.7 Å². The summed E-state index contributed by atoms with van der Waals surface area (Å²) in [5.74, 6) is -1.08. The minimum Gasteiger partial charge on any atom is -0.481 e. The van der Waals surface area contributed by atoms with Gasteiger partial charge in [0.2, 0.25) is 0 Å². The maximum absolute atomic E-state index is 12.8. The van der Waals surface area contributed by atoms with Crippen LogP contribution in [0, 0.1) is 0 Å². The van der Waals surface area contributed by atoms with Crippen molar-refractivity contribution in [1.82, 2.24) is 14.7 Å². The molecule has 0 saturated carbocycles.